The van der Waals surface area contributed by atoms with Crippen LogP contribution >= 0.6 is 0 Å². The van der Waals surface area contributed by atoms with Crippen molar-refractivity contribution in [1.82, 2.24) is 14.7 Å². The van der Waals surface area contributed by atoms with E-state index in [1.54, 1.807) is 35.2 Å². The van der Waals surface area contributed by atoms with E-state index >= 15 is 14.4 Å². The number of cyclic esters (lactones) is 1. The number of ether oxygens (including phenoxy) is 5. The van der Waals surface area contributed by atoms with Gasteiger partial charge in [0.05, 0.1) is 30.3 Å². The first-order valence-corrected chi connectivity index (χ1v) is 25.2. The van der Waals surface area contributed by atoms with E-state index in [4.69, 9.17) is 23.7 Å². The number of fused-ring (bicyclic) bond motifs is 4. The number of aromatic hydroxyl groups is 1. The van der Waals surface area contributed by atoms with Gasteiger partial charge in [-0.2, -0.15) is 0 Å². The monoisotopic (exact) mass is 986 g/mol. The Morgan fingerprint density at radius 2 is 1.45 bits per heavy atom. The lowest BCUT2D eigenvalue weighted by molar-refractivity contribution is -0.179. The molecule has 1 spiro atoms. The number of phenolic OH excluding ortho intramolecular Hbond substituents is 1. The molecular formula is C58H58N4O11. The third-order valence-electron chi connectivity index (χ3n) is 15.5. The van der Waals surface area contributed by atoms with Gasteiger partial charge in [0.15, 0.2) is 11.5 Å². The van der Waals surface area contributed by atoms with Crippen LogP contribution in [0, 0.1) is 17.8 Å². The van der Waals surface area contributed by atoms with Crippen molar-refractivity contribution >= 4 is 29.6 Å². The standard InChI is InChI=1S/C58H58N4O11/c1-69-32-33-70-56(67)61-45-22-16-38(24-27-57(68)25-10-2-3-11-26-57)34-44(45)58(55(61)66)48(53(64)60-30-28-59(29-31-60)36-39-17-23-46-47(35-39)72-37-71-46)50-54(65)73-51(41-14-8-5-9-15-41)49(40-12-6-4-7-13-40)62(50)52(58)42-18-20-43(63)21-19-42/h4-9,12-23,34-35,48-52,63,68H,2-3,10-11,25-26,28-33,36-37H2,1H3. The van der Waals surface area contributed by atoms with Crippen LogP contribution in [0.1, 0.15) is 90.1 Å². The maximum Gasteiger partial charge on any atom is 0.421 e. The fourth-order valence-electron chi connectivity index (χ4n) is 12.1. The Morgan fingerprint density at radius 1 is 0.753 bits per heavy atom. The van der Waals surface area contributed by atoms with Crippen LogP contribution in [0.4, 0.5) is 10.5 Å². The third kappa shape index (κ3) is 8.75. The molecule has 15 heteroatoms. The largest absolute Gasteiger partial charge is 0.508 e. The van der Waals surface area contributed by atoms with Crippen molar-refractivity contribution in [2.45, 2.75) is 80.3 Å². The van der Waals surface area contributed by atoms with E-state index in [1.807, 2.05) is 83.8 Å². The van der Waals surface area contributed by atoms with E-state index in [-0.39, 0.29) is 44.5 Å². The molecule has 5 aromatic carbocycles. The summed E-state index contributed by atoms with van der Waals surface area (Å²) in [6, 6.07) is 33.1. The Balaban J connectivity index is 1.11. The number of hydrogen-bond acceptors (Lipinski definition) is 13. The highest BCUT2D eigenvalue weighted by atomic mass is 16.7. The second-order valence-electron chi connectivity index (χ2n) is 19.8. The van der Waals surface area contributed by atoms with Crippen molar-refractivity contribution in [3.8, 4) is 29.1 Å². The number of benzene rings is 5. The molecule has 6 unspecified atom stereocenters. The first-order valence-electron chi connectivity index (χ1n) is 25.2. The number of piperazine rings is 1. The number of rotatable bonds is 9. The lowest BCUT2D eigenvalue weighted by atomic mass is 9.64. The van der Waals surface area contributed by atoms with E-state index in [9.17, 15) is 15.0 Å². The van der Waals surface area contributed by atoms with Gasteiger partial charge >= 0.3 is 12.1 Å². The normalized spacial score (nSPS) is 25.3. The predicted octanol–water partition coefficient (Wildman–Crippen LogP) is 7.35. The minimum Gasteiger partial charge on any atom is -0.508 e. The molecule has 1 saturated carbocycles. The number of imide groups is 1. The molecule has 15 nitrogen and oxygen atoms in total. The fourth-order valence-corrected chi connectivity index (χ4v) is 12.1. The molecule has 5 heterocycles. The summed E-state index contributed by atoms with van der Waals surface area (Å²) in [6.45, 7) is 2.14. The topological polar surface area (TPSA) is 168 Å². The Hall–Kier alpha value is -7.22. The number of hydrogen-bond donors (Lipinski definition) is 2. The van der Waals surface area contributed by atoms with Crippen molar-refractivity contribution in [1.29, 1.82) is 0 Å². The van der Waals surface area contributed by atoms with Gasteiger partial charge < -0.3 is 38.8 Å². The molecule has 3 amide bonds. The summed E-state index contributed by atoms with van der Waals surface area (Å²) in [5.41, 5.74) is 0.632. The number of anilines is 1. The molecule has 5 aliphatic heterocycles. The molecule has 6 atom stereocenters. The van der Waals surface area contributed by atoms with Gasteiger partial charge in [-0.25, -0.2) is 9.69 Å². The van der Waals surface area contributed by atoms with E-state index < -0.39 is 65.0 Å². The molecule has 3 saturated heterocycles. The highest BCUT2D eigenvalue weighted by Crippen LogP contribution is 2.66. The average molecular weight is 987 g/mol. The molecular weight excluding hydrogens is 929 g/mol. The van der Waals surface area contributed by atoms with E-state index in [2.05, 4.69) is 16.7 Å². The zero-order valence-corrected chi connectivity index (χ0v) is 40.7. The molecule has 376 valence electrons. The van der Waals surface area contributed by atoms with Gasteiger partial charge in [-0.05, 0) is 96.0 Å². The summed E-state index contributed by atoms with van der Waals surface area (Å²) in [4.78, 5) is 70.1. The zero-order valence-electron chi connectivity index (χ0n) is 40.7. The first-order chi connectivity index (χ1) is 35.6. The maximum atomic E-state index is 16.6. The number of morpholine rings is 1. The van der Waals surface area contributed by atoms with Crippen LogP contribution < -0.4 is 14.4 Å². The SMILES string of the molecule is COCCOC(=O)N1C(=O)C2(c3cc(C#CC4(O)CCCCCC4)ccc31)C(C(=O)N1CCN(Cc3ccc4c(c3)OCO4)CC1)C1C(=O)OC(c3ccccc3)C(c3ccccc3)N1C2c1ccc(O)cc1. The van der Waals surface area contributed by atoms with Crippen molar-refractivity contribution in [3.05, 3.63) is 155 Å². The Morgan fingerprint density at radius 3 is 2.16 bits per heavy atom. The van der Waals surface area contributed by atoms with Crippen molar-refractivity contribution in [3.63, 3.8) is 0 Å². The van der Waals surface area contributed by atoms with Gasteiger partial charge in [-0.1, -0.05) is 104 Å². The van der Waals surface area contributed by atoms with E-state index in [0.29, 0.717) is 66.2 Å². The lowest BCUT2D eigenvalue weighted by Gasteiger charge is -2.46. The lowest BCUT2D eigenvalue weighted by Crippen LogP contribution is -2.59. The number of carbonyl (C=O) groups excluding carboxylic acids is 4. The summed E-state index contributed by atoms with van der Waals surface area (Å²) in [6.07, 6.45) is 2.80. The highest BCUT2D eigenvalue weighted by Gasteiger charge is 2.76. The van der Waals surface area contributed by atoms with Crippen molar-refractivity contribution < 1.29 is 53.1 Å². The molecule has 2 N–H and O–H groups in total. The summed E-state index contributed by atoms with van der Waals surface area (Å²) in [7, 11) is 1.47. The maximum absolute atomic E-state index is 16.6. The van der Waals surface area contributed by atoms with Gasteiger partial charge in [-0.15, -0.1) is 0 Å². The van der Waals surface area contributed by atoms with Crippen molar-refractivity contribution in [2.75, 3.05) is 58.2 Å². The number of esters is 1. The molecule has 1 aliphatic carbocycles. The van der Waals surface area contributed by atoms with E-state index in [0.717, 1.165) is 41.7 Å². The molecule has 73 heavy (non-hydrogen) atoms. The summed E-state index contributed by atoms with van der Waals surface area (Å²) in [5, 5.41) is 22.6. The molecule has 4 fully saturated rings. The number of nitrogens with zero attached hydrogens (tertiary/aromatic N) is 4. The van der Waals surface area contributed by atoms with E-state index in [1.165, 1.54) is 19.2 Å². The first kappa shape index (κ1) is 48.1. The van der Waals surface area contributed by atoms with Gasteiger partial charge in [0.1, 0.15) is 35.5 Å². The smallest absolute Gasteiger partial charge is 0.421 e. The second kappa shape index (κ2) is 20.0. The van der Waals surface area contributed by atoms with Gasteiger partial charge in [-0.3, -0.25) is 24.2 Å². The third-order valence-corrected chi connectivity index (χ3v) is 15.5. The van der Waals surface area contributed by atoms with Crippen LogP contribution in [-0.4, -0.2) is 114 Å². The Labute approximate surface area is 424 Å². The minimum atomic E-state index is -2.04. The van der Waals surface area contributed by atoms with Crippen LogP contribution in [0.3, 0.4) is 0 Å². The number of aliphatic hydroxyl groups is 1. The molecule has 11 rings (SSSR count). The van der Waals surface area contributed by atoms with Crippen LogP contribution in [0.25, 0.3) is 0 Å². The highest BCUT2D eigenvalue weighted by molar-refractivity contribution is 6.23. The predicted molar refractivity (Wildman–Crippen MR) is 267 cm³/mol. The molecule has 0 bridgehead atoms. The van der Waals surface area contributed by atoms with Crippen LogP contribution in [0.15, 0.2) is 121 Å². The van der Waals surface area contributed by atoms with Crippen LogP contribution in [0.5, 0.6) is 17.2 Å². The quantitative estimate of drug-likeness (QED) is 0.0652. The van der Waals surface area contributed by atoms with Crippen LogP contribution in [-0.2, 0) is 40.6 Å². The summed E-state index contributed by atoms with van der Waals surface area (Å²) in [5.74, 6) is 4.35. The average Bonchev–Trinajstić information content (AvgIpc) is 4.02. The number of amides is 3. The number of phenols is 1. The molecule has 5 aromatic rings. The van der Waals surface area contributed by atoms with Crippen LogP contribution in [0.2, 0.25) is 0 Å². The number of methoxy groups -OCH3 is 1. The fraction of sp³-hybridized carbons (Fsp3) is 0.379. The minimum absolute atomic E-state index is 0.0334. The zero-order chi connectivity index (χ0) is 50.3. The summed E-state index contributed by atoms with van der Waals surface area (Å²) < 4.78 is 28.8. The van der Waals surface area contributed by atoms with Gasteiger partial charge in [0.25, 0.3) is 0 Å². The van der Waals surface area contributed by atoms with Gasteiger partial charge in [0, 0.05) is 45.4 Å². The second-order valence-corrected chi connectivity index (χ2v) is 19.8. The Bertz CT molecular complexity index is 2940. The molecule has 6 aliphatic rings. The Kier molecular flexibility index (Phi) is 13.2. The van der Waals surface area contributed by atoms with Crippen molar-refractivity contribution in [2.24, 2.45) is 5.92 Å². The molecule has 0 aromatic heterocycles. The molecule has 0 radical (unpaired) electrons. The van der Waals surface area contributed by atoms with Gasteiger partial charge in [0.2, 0.25) is 18.6 Å². The summed E-state index contributed by atoms with van der Waals surface area (Å²) >= 11 is 0. The number of carbonyl (C=O) groups is 4.